The molecule has 2 N–H and O–H groups in total. The maximum absolute atomic E-state index is 12.9. The number of carbonyl (C=O) groups is 2. The van der Waals surface area contributed by atoms with Gasteiger partial charge in [-0.3, -0.25) is 9.59 Å². The lowest BCUT2D eigenvalue weighted by Gasteiger charge is -2.22. The van der Waals surface area contributed by atoms with Crippen molar-refractivity contribution in [1.29, 1.82) is 0 Å². The fourth-order valence-electron chi connectivity index (χ4n) is 4.05. The van der Waals surface area contributed by atoms with Gasteiger partial charge in [-0.05, 0) is 55.4 Å². The minimum absolute atomic E-state index is 0.0322. The van der Waals surface area contributed by atoms with Crippen LogP contribution in [0, 0.1) is 5.92 Å². The monoisotopic (exact) mass is 462 g/mol. The second-order valence-corrected chi connectivity index (χ2v) is 9.29. The zero-order valence-corrected chi connectivity index (χ0v) is 18.6. The third-order valence-electron chi connectivity index (χ3n) is 6.09. The van der Waals surface area contributed by atoms with Gasteiger partial charge in [-0.25, -0.2) is 9.97 Å². The number of fused-ring (bicyclic) bond motifs is 2. The normalized spacial score (nSPS) is 16.8. The summed E-state index contributed by atoms with van der Waals surface area (Å²) in [5, 5.41) is 6.70. The second kappa shape index (κ2) is 8.20. The Kier molecular flexibility index (Phi) is 5.03. The van der Waals surface area contributed by atoms with E-state index in [0.717, 1.165) is 52.7 Å². The molecule has 6 rings (SSSR count). The minimum atomic E-state index is -0.173. The Morgan fingerprint density at radius 3 is 2.76 bits per heavy atom. The molecule has 4 aromatic heterocycles. The molecule has 33 heavy (non-hydrogen) atoms. The number of hydrogen-bond acceptors (Lipinski definition) is 7. The van der Waals surface area contributed by atoms with Crippen LogP contribution in [0.4, 0.5) is 5.82 Å². The zero-order valence-electron chi connectivity index (χ0n) is 17.8. The molecule has 1 aliphatic carbocycles. The maximum atomic E-state index is 12.9. The summed E-state index contributed by atoms with van der Waals surface area (Å²) in [5.74, 6) is 0.532. The van der Waals surface area contributed by atoms with E-state index < -0.39 is 0 Å². The van der Waals surface area contributed by atoms with Gasteiger partial charge in [-0.2, -0.15) is 4.37 Å². The highest BCUT2D eigenvalue weighted by molar-refractivity contribution is 7.13. The van der Waals surface area contributed by atoms with E-state index in [1.54, 1.807) is 6.20 Å². The summed E-state index contributed by atoms with van der Waals surface area (Å²) >= 11 is 1.23. The number of carbonyl (C=O) groups excluding carboxylic acids is 2. The number of anilines is 1. The molecule has 9 nitrogen and oxygen atoms in total. The first-order valence-electron chi connectivity index (χ1n) is 11.1. The lowest BCUT2D eigenvalue weighted by atomic mass is 10.1. The Balaban J connectivity index is 1.27. The molecule has 0 radical (unpaired) electrons. The Morgan fingerprint density at radius 1 is 1.09 bits per heavy atom. The third kappa shape index (κ3) is 4.07. The topological polar surface area (TPSA) is 111 Å². The van der Waals surface area contributed by atoms with Crippen molar-refractivity contribution in [3.05, 3.63) is 42.5 Å². The standard InChI is InChI=1S/C23H22N6O3S/c30-21(13-1-2-13)27-18-12-29-11-14(3-4-19(29)26-18)15-9-17-20(28-33-23(17)24-10-15)22(31)25-16-5-7-32-8-6-16/h3-4,9-13,16H,1-2,5-8H2,(H,25,31)(H,27,30). The lowest BCUT2D eigenvalue weighted by molar-refractivity contribution is -0.117. The van der Waals surface area contributed by atoms with Crippen molar-refractivity contribution < 1.29 is 14.3 Å². The number of imidazole rings is 1. The number of nitrogens with one attached hydrogen (secondary N) is 2. The maximum Gasteiger partial charge on any atom is 0.271 e. The molecule has 1 aliphatic heterocycles. The average molecular weight is 463 g/mol. The van der Waals surface area contributed by atoms with Gasteiger partial charge in [0.25, 0.3) is 5.91 Å². The first-order valence-corrected chi connectivity index (χ1v) is 11.9. The molecule has 4 aromatic rings. The molecule has 0 spiro atoms. The average Bonchev–Trinajstić information content (AvgIpc) is 3.48. The lowest BCUT2D eigenvalue weighted by Crippen LogP contribution is -2.39. The van der Waals surface area contributed by atoms with Crippen LogP contribution in [-0.2, 0) is 9.53 Å². The molecule has 2 aliphatic rings. The summed E-state index contributed by atoms with van der Waals surface area (Å²) in [6.07, 6.45) is 9.06. The highest BCUT2D eigenvalue weighted by Crippen LogP contribution is 2.31. The molecule has 0 bridgehead atoms. The summed E-state index contributed by atoms with van der Waals surface area (Å²) < 4.78 is 11.6. The van der Waals surface area contributed by atoms with Crippen LogP contribution in [0.15, 0.2) is 36.8 Å². The van der Waals surface area contributed by atoms with Crippen LogP contribution >= 0.6 is 11.5 Å². The first-order chi connectivity index (χ1) is 16.1. The third-order valence-corrected chi connectivity index (χ3v) is 6.86. The number of hydrogen-bond donors (Lipinski definition) is 2. The smallest absolute Gasteiger partial charge is 0.271 e. The molecule has 2 fully saturated rings. The largest absolute Gasteiger partial charge is 0.381 e. The summed E-state index contributed by atoms with van der Waals surface area (Å²) in [5.41, 5.74) is 2.95. The molecule has 5 heterocycles. The van der Waals surface area contributed by atoms with Gasteiger partial charge in [0.2, 0.25) is 5.91 Å². The summed E-state index contributed by atoms with van der Waals surface area (Å²) in [4.78, 5) is 34.6. The molecule has 0 unspecified atom stereocenters. The number of pyridine rings is 2. The Morgan fingerprint density at radius 2 is 1.94 bits per heavy atom. The summed E-state index contributed by atoms with van der Waals surface area (Å²) in [6.45, 7) is 1.33. The Hall–Kier alpha value is -3.37. The van der Waals surface area contributed by atoms with Gasteiger partial charge in [0.15, 0.2) is 11.5 Å². The van der Waals surface area contributed by atoms with Crippen molar-refractivity contribution >= 4 is 45.0 Å². The fraction of sp³-hybridized carbons (Fsp3) is 0.348. The van der Waals surface area contributed by atoms with Gasteiger partial charge < -0.3 is 19.8 Å². The van der Waals surface area contributed by atoms with Crippen LogP contribution in [0.3, 0.4) is 0 Å². The predicted molar refractivity (Wildman–Crippen MR) is 124 cm³/mol. The number of amides is 2. The van der Waals surface area contributed by atoms with E-state index in [2.05, 4.69) is 25.0 Å². The zero-order chi connectivity index (χ0) is 22.4. The molecule has 0 atom stereocenters. The Bertz CT molecular complexity index is 1370. The molecule has 0 aromatic carbocycles. The highest BCUT2D eigenvalue weighted by atomic mass is 32.1. The van der Waals surface area contributed by atoms with Gasteiger partial charge in [0, 0.05) is 54.1 Å². The summed E-state index contributed by atoms with van der Waals surface area (Å²) in [6, 6.07) is 5.92. The van der Waals surface area contributed by atoms with Crippen molar-refractivity contribution in [2.24, 2.45) is 5.92 Å². The van der Waals surface area contributed by atoms with Gasteiger partial charge in [-0.15, -0.1) is 0 Å². The van der Waals surface area contributed by atoms with Crippen molar-refractivity contribution in [3.63, 3.8) is 0 Å². The van der Waals surface area contributed by atoms with Gasteiger partial charge in [0.05, 0.1) is 6.20 Å². The van der Waals surface area contributed by atoms with E-state index in [9.17, 15) is 9.59 Å². The van der Waals surface area contributed by atoms with Crippen molar-refractivity contribution in [3.8, 4) is 11.1 Å². The Labute approximate surface area is 193 Å². The second-order valence-electron chi connectivity index (χ2n) is 8.54. The van der Waals surface area contributed by atoms with Crippen LogP contribution in [0.25, 0.3) is 27.0 Å². The molecule has 1 saturated heterocycles. The molecular formula is C23H22N6O3S. The van der Waals surface area contributed by atoms with E-state index >= 15 is 0 Å². The SMILES string of the molecule is O=C(NC1CCOCC1)c1nsc2ncc(-c3ccc4nc(NC(=O)C5CC5)cn4c3)cc12. The molecule has 10 heteroatoms. The van der Waals surface area contributed by atoms with E-state index in [-0.39, 0.29) is 23.8 Å². The predicted octanol–water partition coefficient (Wildman–Crippen LogP) is 3.26. The van der Waals surface area contributed by atoms with Crippen LogP contribution in [0.2, 0.25) is 0 Å². The highest BCUT2D eigenvalue weighted by Gasteiger charge is 2.30. The van der Waals surface area contributed by atoms with E-state index in [1.807, 2.05) is 35.0 Å². The van der Waals surface area contributed by atoms with E-state index in [1.165, 1.54) is 11.5 Å². The summed E-state index contributed by atoms with van der Waals surface area (Å²) in [7, 11) is 0. The first kappa shape index (κ1) is 20.3. The van der Waals surface area contributed by atoms with Crippen LogP contribution < -0.4 is 10.6 Å². The van der Waals surface area contributed by atoms with E-state index in [4.69, 9.17) is 4.74 Å². The number of ether oxygens (including phenoxy) is 1. The number of nitrogens with zero attached hydrogens (tertiary/aromatic N) is 4. The molecule has 2 amide bonds. The van der Waals surface area contributed by atoms with Gasteiger partial charge >= 0.3 is 0 Å². The van der Waals surface area contributed by atoms with Crippen molar-refractivity contribution in [1.82, 2.24) is 24.1 Å². The van der Waals surface area contributed by atoms with Gasteiger partial charge in [-0.1, -0.05) is 0 Å². The van der Waals surface area contributed by atoms with Gasteiger partial charge in [0.1, 0.15) is 10.5 Å². The molecular weight excluding hydrogens is 440 g/mol. The molecule has 1 saturated carbocycles. The van der Waals surface area contributed by atoms with Crippen molar-refractivity contribution in [2.75, 3.05) is 18.5 Å². The fourth-order valence-corrected chi connectivity index (χ4v) is 4.76. The van der Waals surface area contributed by atoms with Crippen LogP contribution in [0.5, 0.6) is 0 Å². The minimum Gasteiger partial charge on any atom is -0.381 e. The molecule has 168 valence electrons. The number of rotatable bonds is 5. The van der Waals surface area contributed by atoms with Crippen LogP contribution in [-0.4, -0.2) is 49.8 Å². The van der Waals surface area contributed by atoms with Crippen molar-refractivity contribution in [2.45, 2.75) is 31.7 Å². The number of aromatic nitrogens is 4. The van der Waals surface area contributed by atoms with Crippen LogP contribution in [0.1, 0.15) is 36.2 Å². The van der Waals surface area contributed by atoms with E-state index in [0.29, 0.717) is 24.7 Å². The quantitative estimate of drug-likeness (QED) is 0.471.